The van der Waals surface area contributed by atoms with Crippen LogP contribution in [0.1, 0.15) is 50.0 Å². The van der Waals surface area contributed by atoms with Gasteiger partial charge in [0.05, 0.1) is 0 Å². The zero-order chi connectivity index (χ0) is 13.1. The first-order valence-corrected chi connectivity index (χ1v) is 4.88. The molecule has 0 unspecified atom stereocenters. The number of ether oxygens (including phenoxy) is 1. The van der Waals surface area contributed by atoms with Crippen molar-refractivity contribution in [2.75, 3.05) is 0 Å². The molecule has 3 heteroatoms. The summed E-state index contributed by atoms with van der Waals surface area (Å²) >= 11 is 0. The van der Waals surface area contributed by atoms with E-state index in [1.165, 1.54) is 0 Å². The number of hydrogen-bond donors (Lipinski definition) is 0. The molecule has 0 aromatic rings. The SMILES string of the molecule is [2H]C([2H])([2H])C1=C(CCCCCC)C(=O)OC1=O. The minimum Gasteiger partial charge on any atom is -0.386 e. The quantitative estimate of drug-likeness (QED) is 0.388. The van der Waals surface area contributed by atoms with Crippen LogP contribution in [0.15, 0.2) is 11.1 Å². The highest BCUT2D eigenvalue weighted by Crippen LogP contribution is 2.22. The average molecular weight is 199 g/mol. The lowest BCUT2D eigenvalue weighted by Crippen LogP contribution is -2.01. The lowest BCUT2D eigenvalue weighted by Gasteiger charge is -1.98. The van der Waals surface area contributed by atoms with Crippen molar-refractivity contribution in [3.8, 4) is 0 Å². The minimum atomic E-state index is -2.57. The monoisotopic (exact) mass is 199 g/mol. The van der Waals surface area contributed by atoms with Crippen molar-refractivity contribution in [2.45, 2.75) is 45.9 Å². The molecule has 0 bridgehead atoms. The van der Waals surface area contributed by atoms with E-state index in [0.29, 0.717) is 12.8 Å². The average Bonchev–Trinajstić information content (AvgIpc) is 2.47. The van der Waals surface area contributed by atoms with Gasteiger partial charge in [-0.1, -0.05) is 26.2 Å². The zero-order valence-electron chi connectivity index (χ0n) is 11.3. The van der Waals surface area contributed by atoms with Gasteiger partial charge in [-0.15, -0.1) is 0 Å². The number of unbranched alkanes of at least 4 members (excludes halogenated alkanes) is 3. The standard InChI is InChI=1S/C11H16O3/c1-3-4-5-6-7-9-8(2)10(12)14-11(9)13/h3-7H2,1-2H3/i2D3. The summed E-state index contributed by atoms with van der Waals surface area (Å²) in [5.41, 5.74) is -0.398. The van der Waals surface area contributed by atoms with Gasteiger partial charge in [0.2, 0.25) is 0 Å². The maximum absolute atomic E-state index is 11.4. The second kappa shape index (κ2) is 4.94. The highest BCUT2D eigenvalue weighted by Gasteiger charge is 2.28. The van der Waals surface area contributed by atoms with Gasteiger partial charge >= 0.3 is 11.9 Å². The zero-order valence-corrected chi connectivity index (χ0v) is 8.26. The van der Waals surface area contributed by atoms with E-state index in [4.69, 9.17) is 4.11 Å². The molecule has 0 N–H and O–H groups in total. The predicted molar refractivity (Wildman–Crippen MR) is 52.6 cm³/mol. The van der Waals surface area contributed by atoms with E-state index in [9.17, 15) is 9.59 Å². The van der Waals surface area contributed by atoms with Gasteiger partial charge in [-0.25, -0.2) is 9.59 Å². The van der Waals surface area contributed by atoms with Crippen LogP contribution in [-0.4, -0.2) is 11.9 Å². The van der Waals surface area contributed by atoms with E-state index in [-0.39, 0.29) is 5.57 Å². The first-order valence-electron chi connectivity index (χ1n) is 6.38. The molecule has 0 atom stereocenters. The van der Waals surface area contributed by atoms with E-state index in [0.717, 1.165) is 19.3 Å². The van der Waals surface area contributed by atoms with Gasteiger partial charge < -0.3 is 4.74 Å². The second-order valence-corrected chi connectivity index (χ2v) is 3.34. The molecule has 14 heavy (non-hydrogen) atoms. The Hall–Kier alpha value is -1.12. The van der Waals surface area contributed by atoms with E-state index >= 15 is 0 Å². The highest BCUT2D eigenvalue weighted by molar-refractivity contribution is 6.11. The number of carbonyl (C=O) groups excluding carboxylic acids is 2. The van der Waals surface area contributed by atoms with Crippen LogP contribution >= 0.6 is 0 Å². The Labute approximate surface area is 88.3 Å². The molecule has 78 valence electrons. The van der Waals surface area contributed by atoms with Gasteiger partial charge in [0.15, 0.2) is 0 Å². The Morgan fingerprint density at radius 1 is 1.21 bits per heavy atom. The van der Waals surface area contributed by atoms with Gasteiger partial charge in [0.25, 0.3) is 0 Å². The van der Waals surface area contributed by atoms with Crippen LogP contribution in [0, 0.1) is 0 Å². The topological polar surface area (TPSA) is 43.4 Å². The highest BCUT2D eigenvalue weighted by atomic mass is 16.6. The Morgan fingerprint density at radius 3 is 2.64 bits per heavy atom. The van der Waals surface area contributed by atoms with E-state index in [1.54, 1.807) is 0 Å². The lowest BCUT2D eigenvalue weighted by atomic mass is 10.0. The van der Waals surface area contributed by atoms with Gasteiger partial charge in [-0.2, -0.15) is 0 Å². The second-order valence-electron chi connectivity index (χ2n) is 3.34. The Balaban J connectivity index is 2.79. The molecule has 0 spiro atoms. The fourth-order valence-corrected chi connectivity index (χ4v) is 1.38. The summed E-state index contributed by atoms with van der Waals surface area (Å²) in [6.07, 6.45) is 3.99. The molecule has 0 saturated heterocycles. The maximum Gasteiger partial charge on any atom is 0.342 e. The normalized spacial score (nSPS) is 20.5. The fourth-order valence-electron chi connectivity index (χ4n) is 1.38. The van der Waals surface area contributed by atoms with Gasteiger partial charge in [-0.3, -0.25) is 0 Å². The van der Waals surface area contributed by atoms with Crippen molar-refractivity contribution in [1.82, 2.24) is 0 Å². The van der Waals surface area contributed by atoms with Crippen molar-refractivity contribution in [3.63, 3.8) is 0 Å². The number of cyclic esters (lactones) is 2. The third-order valence-electron chi connectivity index (χ3n) is 2.22. The van der Waals surface area contributed by atoms with Crippen LogP contribution < -0.4 is 0 Å². The van der Waals surface area contributed by atoms with E-state index in [1.807, 2.05) is 0 Å². The summed E-state index contributed by atoms with van der Waals surface area (Å²) in [5, 5.41) is 0. The number of esters is 2. The Morgan fingerprint density at radius 2 is 2.00 bits per heavy atom. The van der Waals surface area contributed by atoms with Crippen LogP contribution in [-0.2, 0) is 14.3 Å². The number of carbonyl (C=O) groups is 2. The Bertz CT molecular complexity index is 355. The molecule has 0 saturated carbocycles. The van der Waals surface area contributed by atoms with Crippen LogP contribution in [0.2, 0.25) is 0 Å². The molecule has 0 aliphatic carbocycles. The molecule has 1 aliphatic rings. The first-order chi connectivity index (χ1) is 7.88. The number of hydrogen-bond acceptors (Lipinski definition) is 3. The molecular formula is C11H16O3. The van der Waals surface area contributed by atoms with Crippen molar-refractivity contribution in [3.05, 3.63) is 11.1 Å². The van der Waals surface area contributed by atoms with Crippen molar-refractivity contribution < 1.29 is 18.4 Å². The smallest absolute Gasteiger partial charge is 0.342 e. The number of rotatable bonds is 5. The third-order valence-corrected chi connectivity index (χ3v) is 2.22. The van der Waals surface area contributed by atoms with Crippen LogP contribution in [0.3, 0.4) is 0 Å². The molecular weight excluding hydrogens is 180 g/mol. The third kappa shape index (κ3) is 2.44. The summed E-state index contributed by atoms with van der Waals surface area (Å²) in [4.78, 5) is 22.6. The molecule has 1 heterocycles. The molecule has 0 aromatic heterocycles. The molecule has 3 nitrogen and oxygen atoms in total. The fraction of sp³-hybridized carbons (Fsp3) is 0.636. The van der Waals surface area contributed by atoms with Crippen molar-refractivity contribution >= 4 is 11.9 Å². The van der Waals surface area contributed by atoms with Gasteiger partial charge in [0.1, 0.15) is 0 Å². The van der Waals surface area contributed by atoms with Crippen molar-refractivity contribution in [2.24, 2.45) is 0 Å². The van der Waals surface area contributed by atoms with Crippen LogP contribution in [0.25, 0.3) is 0 Å². The van der Waals surface area contributed by atoms with E-state index < -0.39 is 24.4 Å². The van der Waals surface area contributed by atoms with E-state index in [2.05, 4.69) is 11.7 Å². The molecule has 0 fully saturated rings. The molecule has 0 radical (unpaired) electrons. The van der Waals surface area contributed by atoms with Crippen LogP contribution in [0.5, 0.6) is 0 Å². The van der Waals surface area contributed by atoms with Crippen molar-refractivity contribution in [1.29, 1.82) is 0 Å². The maximum atomic E-state index is 11.4. The Kier molecular flexibility index (Phi) is 2.54. The molecule has 0 amide bonds. The summed E-state index contributed by atoms with van der Waals surface area (Å²) in [6, 6.07) is 0. The minimum absolute atomic E-state index is 0.0334. The van der Waals surface area contributed by atoms with Gasteiger partial charge in [-0.05, 0) is 19.7 Å². The summed E-state index contributed by atoms with van der Waals surface area (Å²) in [7, 11) is 0. The molecule has 1 aliphatic heterocycles. The van der Waals surface area contributed by atoms with Gasteiger partial charge in [0, 0.05) is 15.3 Å². The first kappa shape index (κ1) is 7.21. The van der Waals surface area contributed by atoms with Crippen LogP contribution in [0.4, 0.5) is 0 Å². The molecule has 1 rings (SSSR count). The summed E-state index contributed by atoms with van der Waals surface area (Å²) in [6.45, 7) is -0.510. The lowest BCUT2D eigenvalue weighted by molar-refractivity contribution is -0.151. The summed E-state index contributed by atoms with van der Waals surface area (Å²) in [5.74, 6) is -1.81. The molecule has 0 aromatic carbocycles. The largest absolute Gasteiger partial charge is 0.386 e. The predicted octanol–water partition coefficient (Wildman–Crippen LogP) is 2.36. The summed E-state index contributed by atoms with van der Waals surface area (Å²) < 4.78 is 26.0.